The number of halogens is 1. The molecule has 1 saturated carbocycles. The number of likely N-dealkylation sites (tertiary alicyclic amines) is 1. The first-order valence-electron chi connectivity index (χ1n) is 6.96. The van der Waals surface area contributed by atoms with E-state index < -0.39 is 22.3 Å². The molecule has 1 saturated heterocycles. The largest absolute Gasteiger partial charge is 0.338 e. The minimum absolute atomic E-state index is 0.0602. The molecule has 1 heterocycles. The molecular formula is C14H16FN3O3. The lowest BCUT2D eigenvalue weighted by Gasteiger charge is -2.18. The van der Waals surface area contributed by atoms with E-state index >= 15 is 0 Å². The topological polar surface area (TPSA) is 89.5 Å². The highest BCUT2D eigenvalue weighted by Crippen LogP contribution is 2.38. The van der Waals surface area contributed by atoms with Crippen LogP contribution in [-0.4, -0.2) is 34.9 Å². The quantitative estimate of drug-likeness (QED) is 0.661. The van der Waals surface area contributed by atoms with Gasteiger partial charge in [0.2, 0.25) is 0 Å². The summed E-state index contributed by atoms with van der Waals surface area (Å²) < 4.78 is 13.1. The van der Waals surface area contributed by atoms with E-state index in [0.717, 1.165) is 25.0 Å². The van der Waals surface area contributed by atoms with Gasteiger partial charge in [-0.1, -0.05) is 0 Å². The highest BCUT2D eigenvalue weighted by molar-refractivity contribution is 5.98. The summed E-state index contributed by atoms with van der Waals surface area (Å²) in [4.78, 5) is 24.4. The monoisotopic (exact) mass is 293 g/mol. The van der Waals surface area contributed by atoms with Crippen molar-refractivity contribution in [2.45, 2.75) is 18.9 Å². The molecule has 2 N–H and O–H groups in total. The Morgan fingerprint density at radius 2 is 2.14 bits per heavy atom. The zero-order valence-corrected chi connectivity index (χ0v) is 11.4. The number of fused-ring (bicyclic) bond motifs is 1. The number of hydrogen-bond donors (Lipinski definition) is 1. The van der Waals surface area contributed by atoms with Crippen molar-refractivity contribution < 1.29 is 14.1 Å². The van der Waals surface area contributed by atoms with Crippen LogP contribution in [0.25, 0.3) is 0 Å². The van der Waals surface area contributed by atoms with Gasteiger partial charge in [0, 0.05) is 19.1 Å². The summed E-state index contributed by atoms with van der Waals surface area (Å²) in [5.41, 5.74) is 5.48. The number of nitrogens with zero attached hydrogens (tertiary/aromatic N) is 2. The van der Waals surface area contributed by atoms with Gasteiger partial charge in [-0.05, 0) is 36.8 Å². The highest BCUT2D eigenvalue weighted by Gasteiger charge is 2.43. The standard InChI is InChI=1S/C14H16FN3O3/c15-9-2-3-10(13(5-9)18(20)21)14(19)17-6-8-1-4-12(16)11(8)7-17/h2-3,5,8,11-12H,1,4,6-7,16H2/t8-,11-,12-/m1/s1. The normalized spacial score (nSPS) is 27.7. The lowest BCUT2D eigenvalue weighted by Crippen LogP contribution is -2.33. The summed E-state index contributed by atoms with van der Waals surface area (Å²) in [6, 6.07) is 3.14. The van der Waals surface area contributed by atoms with Gasteiger partial charge < -0.3 is 10.6 Å². The number of carbonyl (C=O) groups is 1. The summed E-state index contributed by atoms with van der Waals surface area (Å²) in [5, 5.41) is 11.0. The Labute approximate surface area is 120 Å². The van der Waals surface area contributed by atoms with Gasteiger partial charge in [-0.3, -0.25) is 14.9 Å². The maximum absolute atomic E-state index is 13.1. The van der Waals surface area contributed by atoms with E-state index in [0.29, 0.717) is 19.0 Å². The average molecular weight is 293 g/mol. The average Bonchev–Trinajstić information content (AvgIpc) is 3.00. The van der Waals surface area contributed by atoms with Gasteiger partial charge in [0.15, 0.2) is 0 Å². The van der Waals surface area contributed by atoms with E-state index in [9.17, 15) is 19.3 Å². The summed E-state index contributed by atoms with van der Waals surface area (Å²) in [6.45, 7) is 1.10. The molecule has 3 rings (SSSR count). The van der Waals surface area contributed by atoms with E-state index in [2.05, 4.69) is 0 Å². The lowest BCUT2D eigenvalue weighted by molar-refractivity contribution is -0.385. The summed E-state index contributed by atoms with van der Waals surface area (Å²) >= 11 is 0. The number of carbonyl (C=O) groups excluding carboxylic acids is 1. The summed E-state index contributed by atoms with van der Waals surface area (Å²) in [7, 11) is 0. The van der Waals surface area contributed by atoms with Gasteiger partial charge in [0.05, 0.1) is 11.0 Å². The number of nitro groups is 1. The van der Waals surface area contributed by atoms with Gasteiger partial charge in [-0.15, -0.1) is 0 Å². The second-order valence-corrected chi connectivity index (χ2v) is 5.79. The maximum atomic E-state index is 13.1. The van der Waals surface area contributed by atoms with Crippen molar-refractivity contribution in [3.63, 3.8) is 0 Å². The first kappa shape index (κ1) is 13.9. The van der Waals surface area contributed by atoms with E-state index in [-0.39, 0.29) is 17.5 Å². The Hall–Kier alpha value is -2.02. The van der Waals surface area contributed by atoms with Crippen molar-refractivity contribution >= 4 is 11.6 Å². The third-order valence-electron chi connectivity index (χ3n) is 4.59. The molecule has 3 atom stereocenters. The van der Waals surface area contributed by atoms with Crippen molar-refractivity contribution in [3.8, 4) is 0 Å². The molecule has 0 unspecified atom stereocenters. The highest BCUT2D eigenvalue weighted by atomic mass is 19.1. The molecule has 2 fully saturated rings. The van der Waals surface area contributed by atoms with E-state index in [1.807, 2.05) is 0 Å². The number of benzene rings is 1. The van der Waals surface area contributed by atoms with Gasteiger partial charge in [0.1, 0.15) is 11.4 Å². The Morgan fingerprint density at radius 1 is 1.38 bits per heavy atom. The Bertz CT molecular complexity index is 607. The molecule has 112 valence electrons. The predicted octanol–water partition coefficient (Wildman–Crippen LogP) is 1.54. The van der Waals surface area contributed by atoms with Gasteiger partial charge in [-0.2, -0.15) is 0 Å². The van der Waals surface area contributed by atoms with Crippen LogP contribution in [0.5, 0.6) is 0 Å². The molecule has 1 aromatic carbocycles. The molecule has 1 aliphatic carbocycles. The maximum Gasteiger partial charge on any atom is 0.285 e. The number of nitrogens with two attached hydrogens (primary N) is 1. The third-order valence-corrected chi connectivity index (χ3v) is 4.59. The van der Waals surface area contributed by atoms with Crippen molar-refractivity contribution in [3.05, 3.63) is 39.7 Å². The van der Waals surface area contributed by atoms with Crippen molar-refractivity contribution in [2.75, 3.05) is 13.1 Å². The van der Waals surface area contributed by atoms with Crippen LogP contribution < -0.4 is 5.73 Å². The fourth-order valence-electron chi connectivity index (χ4n) is 3.48. The van der Waals surface area contributed by atoms with Crippen LogP contribution in [0, 0.1) is 27.8 Å². The molecule has 1 amide bonds. The molecule has 7 heteroatoms. The molecule has 1 aromatic rings. The molecule has 1 aliphatic heterocycles. The summed E-state index contributed by atoms with van der Waals surface area (Å²) in [6.07, 6.45) is 1.95. The molecule has 6 nitrogen and oxygen atoms in total. The number of amides is 1. The SMILES string of the molecule is N[C@@H]1CC[C@@H]2CN(C(=O)c3ccc(F)cc3[N+](=O)[O-])C[C@H]21. The van der Waals surface area contributed by atoms with Crippen LogP contribution >= 0.6 is 0 Å². The third kappa shape index (κ3) is 2.37. The van der Waals surface area contributed by atoms with Crippen LogP contribution in [-0.2, 0) is 0 Å². The van der Waals surface area contributed by atoms with Gasteiger partial charge in [-0.25, -0.2) is 4.39 Å². The molecule has 0 radical (unpaired) electrons. The Balaban J connectivity index is 1.85. The Kier molecular flexibility index (Phi) is 3.36. The fourth-order valence-corrected chi connectivity index (χ4v) is 3.48. The zero-order chi connectivity index (χ0) is 15.1. The predicted molar refractivity (Wildman–Crippen MR) is 73.1 cm³/mol. The molecule has 21 heavy (non-hydrogen) atoms. The smallest absolute Gasteiger partial charge is 0.285 e. The number of rotatable bonds is 2. The second-order valence-electron chi connectivity index (χ2n) is 5.79. The van der Waals surface area contributed by atoms with Crippen molar-refractivity contribution in [1.82, 2.24) is 4.90 Å². The minimum Gasteiger partial charge on any atom is -0.338 e. The van der Waals surface area contributed by atoms with Crippen LogP contribution in [0.4, 0.5) is 10.1 Å². The minimum atomic E-state index is -0.724. The Morgan fingerprint density at radius 3 is 2.81 bits per heavy atom. The molecular weight excluding hydrogens is 277 g/mol. The lowest BCUT2D eigenvalue weighted by atomic mass is 9.98. The van der Waals surface area contributed by atoms with Crippen LogP contribution in [0.15, 0.2) is 18.2 Å². The van der Waals surface area contributed by atoms with Crippen LogP contribution in [0.1, 0.15) is 23.2 Å². The molecule has 2 aliphatic rings. The molecule has 0 spiro atoms. The zero-order valence-electron chi connectivity index (χ0n) is 11.4. The number of hydrogen-bond acceptors (Lipinski definition) is 4. The van der Waals surface area contributed by atoms with E-state index in [4.69, 9.17) is 5.73 Å². The van der Waals surface area contributed by atoms with Crippen molar-refractivity contribution in [1.29, 1.82) is 0 Å². The first-order chi connectivity index (χ1) is 9.97. The van der Waals surface area contributed by atoms with E-state index in [1.54, 1.807) is 4.90 Å². The second kappa shape index (κ2) is 5.07. The number of nitro benzene ring substituents is 1. The summed E-state index contributed by atoms with van der Waals surface area (Å²) in [5.74, 6) is -0.487. The van der Waals surface area contributed by atoms with Crippen LogP contribution in [0.2, 0.25) is 0 Å². The molecule has 0 aromatic heterocycles. The first-order valence-corrected chi connectivity index (χ1v) is 6.96. The van der Waals surface area contributed by atoms with Gasteiger partial charge >= 0.3 is 0 Å². The van der Waals surface area contributed by atoms with E-state index in [1.165, 1.54) is 6.07 Å². The fraction of sp³-hybridized carbons (Fsp3) is 0.500. The van der Waals surface area contributed by atoms with Gasteiger partial charge in [0.25, 0.3) is 11.6 Å². The van der Waals surface area contributed by atoms with Crippen LogP contribution in [0.3, 0.4) is 0 Å². The van der Waals surface area contributed by atoms with Crippen molar-refractivity contribution in [2.24, 2.45) is 17.6 Å². The molecule has 0 bridgehead atoms.